The number of imidazole rings is 1. The van der Waals surface area contributed by atoms with Gasteiger partial charge in [0.15, 0.2) is 3.83 Å². The standard InChI is InChI=1S/C16H16I2N6O/c1-23-11(4-5-20-23)9-6-10(13-12-3-2-8(25-12)7-19-13)22-24-14(9)15(17)21-16(24)18/h4-6,8,12-13,19H,2-3,7H2,1H3. The Bertz CT molecular complexity index is 967. The van der Waals surface area contributed by atoms with Gasteiger partial charge in [-0.25, -0.2) is 9.50 Å². The molecule has 0 aromatic carbocycles. The molecule has 2 aliphatic heterocycles. The first-order chi connectivity index (χ1) is 12.1. The molecule has 3 aromatic rings. The third-order valence-corrected chi connectivity index (χ3v) is 6.48. The molecule has 3 unspecified atom stereocenters. The van der Waals surface area contributed by atoms with Crippen molar-refractivity contribution in [3.8, 4) is 11.3 Å². The van der Waals surface area contributed by atoms with Crippen LogP contribution in [0.2, 0.25) is 0 Å². The van der Waals surface area contributed by atoms with Crippen LogP contribution < -0.4 is 5.32 Å². The van der Waals surface area contributed by atoms with Gasteiger partial charge in [-0.05, 0) is 47.6 Å². The Balaban J connectivity index is 1.73. The highest BCUT2D eigenvalue weighted by molar-refractivity contribution is 14.1. The van der Waals surface area contributed by atoms with Crippen LogP contribution in [0.15, 0.2) is 18.3 Å². The molecule has 0 radical (unpaired) electrons. The minimum Gasteiger partial charge on any atom is -0.372 e. The van der Waals surface area contributed by atoms with Crippen LogP contribution in [0.1, 0.15) is 24.6 Å². The molecule has 3 aromatic heterocycles. The molecule has 2 aliphatic rings. The van der Waals surface area contributed by atoms with E-state index in [4.69, 9.17) is 9.84 Å². The predicted molar refractivity (Wildman–Crippen MR) is 109 cm³/mol. The van der Waals surface area contributed by atoms with Crippen molar-refractivity contribution >= 4 is 50.7 Å². The summed E-state index contributed by atoms with van der Waals surface area (Å²) in [5.74, 6) is 0. The zero-order chi connectivity index (χ0) is 17.1. The van der Waals surface area contributed by atoms with Crippen LogP contribution in [-0.4, -0.2) is 43.1 Å². The Morgan fingerprint density at radius 2 is 2.20 bits per heavy atom. The van der Waals surface area contributed by atoms with Gasteiger partial charge in [0.05, 0.1) is 29.6 Å². The molecular formula is C16H16I2N6O. The van der Waals surface area contributed by atoms with Crippen molar-refractivity contribution < 1.29 is 4.74 Å². The quantitative estimate of drug-likeness (QED) is 0.487. The molecule has 3 atom stereocenters. The average Bonchev–Trinajstić information content (AvgIpc) is 3.27. The average molecular weight is 562 g/mol. The molecular weight excluding hydrogens is 546 g/mol. The summed E-state index contributed by atoms with van der Waals surface area (Å²) in [6.07, 6.45) is 4.59. The van der Waals surface area contributed by atoms with Gasteiger partial charge in [-0.3, -0.25) is 4.68 Å². The van der Waals surface area contributed by atoms with E-state index in [-0.39, 0.29) is 12.1 Å². The SMILES string of the molecule is Cn1nccc1-c1cc(C2NCC3CCC2O3)nn2c(I)nc(I)c12. The summed E-state index contributed by atoms with van der Waals surface area (Å²) in [4.78, 5) is 4.62. The predicted octanol–water partition coefficient (Wildman–Crippen LogP) is 2.53. The van der Waals surface area contributed by atoms with Gasteiger partial charge in [0.2, 0.25) is 0 Å². The van der Waals surface area contributed by atoms with E-state index in [1.54, 1.807) is 0 Å². The molecule has 0 amide bonds. The van der Waals surface area contributed by atoms with Crippen LogP contribution in [0.3, 0.4) is 0 Å². The van der Waals surface area contributed by atoms with E-state index in [2.05, 4.69) is 66.6 Å². The fourth-order valence-electron chi connectivity index (χ4n) is 3.84. The van der Waals surface area contributed by atoms with Crippen LogP contribution in [0.4, 0.5) is 0 Å². The van der Waals surface area contributed by atoms with Gasteiger partial charge < -0.3 is 10.1 Å². The van der Waals surface area contributed by atoms with Crippen LogP contribution in [-0.2, 0) is 11.8 Å². The zero-order valence-electron chi connectivity index (χ0n) is 13.5. The number of nitrogens with zero attached hydrogens (tertiary/aromatic N) is 5. The summed E-state index contributed by atoms with van der Waals surface area (Å²) >= 11 is 4.52. The number of hydrogen-bond donors (Lipinski definition) is 1. The molecule has 1 N–H and O–H groups in total. The number of fused-ring (bicyclic) bond motifs is 3. The highest BCUT2D eigenvalue weighted by Crippen LogP contribution is 2.36. The third-order valence-electron chi connectivity index (χ3n) is 5.03. The van der Waals surface area contributed by atoms with Gasteiger partial charge >= 0.3 is 0 Å². The van der Waals surface area contributed by atoms with Crippen molar-refractivity contribution in [2.24, 2.45) is 7.05 Å². The van der Waals surface area contributed by atoms with Crippen LogP contribution >= 0.6 is 45.2 Å². The molecule has 0 aliphatic carbocycles. The van der Waals surface area contributed by atoms with Gasteiger partial charge in [0, 0.05) is 47.9 Å². The van der Waals surface area contributed by atoms with E-state index >= 15 is 0 Å². The summed E-state index contributed by atoms with van der Waals surface area (Å²) in [6.45, 7) is 0.889. The van der Waals surface area contributed by atoms with Crippen molar-refractivity contribution in [1.82, 2.24) is 29.7 Å². The first kappa shape index (κ1) is 16.4. The van der Waals surface area contributed by atoms with Gasteiger partial charge in [-0.2, -0.15) is 10.2 Å². The molecule has 5 rings (SSSR count). The lowest BCUT2D eigenvalue weighted by molar-refractivity contribution is -0.0124. The lowest BCUT2D eigenvalue weighted by Gasteiger charge is -2.30. The number of rotatable bonds is 2. The maximum Gasteiger partial charge on any atom is 0.193 e. The molecule has 2 bridgehead atoms. The van der Waals surface area contributed by atoms with Crippen molar-refractivity contribution in [1.29, 1.82) is 0 Å². The number of nitrogens with one attached hydrogen (secondary N) is 1. The Morgan fingerprint density at radius 3 is 3.00 bits per heavy atom. The van der Waals surface area contributed by atoms with E-state index in [1.807, 2.05) is 28.5 Å². The second-order valence-electron chi connectivity index (χ2n) is 6.51. The highest BCUT2D eigenvalue weighted by atomic mass is 127. The summed E-state index contributed by atoms with van der Waals surface area (Å²) in [5.41, 5.74) is 4.19. The lowest BCUT2D eigenvalue weighted by atomic mass is 10.0. The summed E-state index contributed by atoms with van der Waals surface area (Å²) in [5, 5.41) is 12.9. The number of morpholine rings is 1. The third kappa shape index (κ3) is 2.61. The molecule has 0 spiro atoms. The summed E-state index contributed by atoms with van der Waals surface area (Å²) in [7, 11) is 1.96. The normalized spacial score (nSPS) is 25.8. The Labute approximate surface area is 171 Å². The zero-order valence-corrected chi connectivity index (χ0v) is 17.8. The van der Waals surface area contributed by atoms with Crippen LogP contribution in [0.25, 0.3) is 16.8 Å². The van der Waals surface area contributed by atoms with Crippen molar-refractivity contribution in [3.05, 3.63) is 31.6 Å². The molecule has 7 nitrogen and oxygen atoms in total. The van der Waals surface area contributed by atoms with Crippen LogP contribution in [0, 0.1) is 7.53 Å². The number of aryl methyl sites for hydroxylation is 1. The minimum atomic E-state index is 0.117. The number of halogens is 2. The maximum absolute atomic E-state index is 6.12. The molecule has 25 heavy (non-hydrogen) atoms. The minimum absolute atomic E-state index is 0.117. The number of aromatic nitrogens is 5. The Morgan fingerprint density at radius 1 is 1.32 bits per heavy atom. The highest BCUT2D eigenvalue weighted by Gasteiger charge is 2.38. The topological polar surface area (TPSA) is 69.3 Å². The molecule has 0 saturated carbocycles. The van der Waals surface area contributed by atoms with Crippen molar-refractivity contribution in [3.63, 3.8) is 0 Å². The van der Waals surface area contributed by atoms with Crippen molar-refractivity contribution in [2.45, 2.75) is 31.1 Å². The Kier molecular flexibility index (Phi) is 4.02. The van der Waals surface area contributed by atoms with Gasteiger partial charge in [0.25, 0.3) is 0 Å². The van der Waals surface area contributed by atoms with Gasteiger partial charge in [-0.15, -0.1) is 0 Å². The fourth-order valence-corrected chi connectivity index (χ4v) is 5.64. The first-order valence-electron chi connectivity index (χ1n) is 8.23. The second kappa shape index (κ2) is 6.13. The van der Waals surface area contributed by atoms with Gasteiger partial charge in [-0.1, -0.05) is 0 Å². The lowest BCUT2D eigenvalue weighted by Crippen LogP contribution is -2.42. The number of ether oxygens (including phenoxy) is 1. The van der Waals surface area contributed by atoms with Crippen molar-refractivity contribution in [2.75, 3.05) is 6.54 Å². The van der Waals surface area contributed by atoms with E-state index < -0.39 is 0 Å². The van der Waals surface area contributed by atoms with Crippen LogP contribution in [0.5, 0.6) is 0 Å². The monoisotopic (exact) mass is 562 g/mol. The van der Waals surface area contributed by atoms with E-state index in [9.17, 15) is 0 Å². The first-order valence-corrected chi connectivity index (χ1v) is 10.4. The summed E-state index contributed by atoms with van der Waals surface area (Å²) < 4.78 is 11.8. The molecule has 2 saturated heterocycles. The van der Waals surface area contributed by atoms with Gasteiger partial charge in [0.1, 0.15) is 9.22 Å². The molecule has 2 fully saturated rings. The second-order valence-corrected chi connectivity index (χ2v) is 8.50. The van der Waals surface area contributed by atoms with E-state index in [0.717, 1.165) is 49.4 Å². The maximum atomic E-state index is 6.12. The summed E-state index contributed by atoms with van der Waals surface area (Å²) in [6, 6.07) is 4.32. The Hall–Kier alpha value is -0.790. The number of hydrogen-bond acceptors (Lipinski definition) is 5. The smallest absolute Gasteiger partial charge is 0.193 e. The van der Waals surface area contributed by atoms with E-state index in [1.165, 1.54) is 0 Å². The van der Waals surface area contributed by atoms with E-state index in [0.29, 0.717) is 6.10 Å². The molecule has 130 valence electrons. The molecule has 9 heteroatoms. The molecule has 5 heterocycles. The largest absolute Gasteiger partial charge is 0.372 e. The fraction of sp³-hybridized carbons (Fsp3) is 0.438.